The molecule has 4 rings (SSSR count). The van der Waals surface area contributed by atoms with Gasteiger partial charge in [-0.1, -0.05) is 24.3 Å². The Kier molecular flexibility index (Phi) is 7.20. The van der Waals surface area contributed by atoms with E-state index in [-0.39, 0.29) is 28.6 Å². The minimum atomic E-state index is -2.96. The summed E-state index contributed by atoms with van der Waals surface area (Å²) in [5.74, 6) is 0.258. The number of piperidine rings is 1. The number of amides is 2. The van der Waals surface area contributed by atoms with Crippen LogP contribution in [0.5, 0.6) is 0 Å². The van der Waals surface area contributed by atoms with Crippen molar-refractivity contribution in [3.63, 3.8) is 0 Å². The van der Waals surface area contributed by atoms with Crippen molar-refractivity contribution in [2.75, 3.05) is 24.6 Å². The number of nitrogens with zero attached hydrogens (tertiary/aromatic N) is 1. The van der Waals surface area contributed by atoms with Crippen LogP contribution in [-0.4, -0.2) is 55.0 Å². The van der Waals surface area contributed by atoms with E-state index in [9.17, 15) is 18.0 Å². The lowest BCUT2D eigenvalue weighted by Gasteiger charge is -2.26. The molecule has 2 fully saturated rings. The van der Waals surface area contributed by atoms with Crippen LogP contribution in [0, 0.1) is 0 Å². The van der Waals surface area contributed by atoms with E-state index < -0.39 is 9.84 Å². The first-order chi connectivity index (χ1) is 15.4. The van der Waals surface area contributed by atoms with Crippen LogP contribution in [0.1, 0.15) is 52.0 Å². The Bertz CT molecular complexity index is 1080. The molecule has 32 heavy (non-hydrogen) atoms. The molecule has 0 aliphatic carbocycles. The Morgan fingerprint density at radius 3 is 2.41 bits per heavy atom. The van der Waals surface area contributed by atoms with Crippen molar-refractivity contribution in [2.24, 2.45) is 0 Å². The Morgan fingerprint density at radius 1 is 1.00 bits per heavy atom. The zero-order chi connectivity index (χ0) is 22.6. The average Bonchev–Trinajstić information content (AvgIpc) is 3.16. The van der Waals surface area contributed by atoms with E-state index in [1.54, 1.807) is 6.07 Å². The van der Waals surface area contributed by atoms with E-state index in [0.29, 0.717) is 24.1 Å². The van der Waals surface area contributed by atoms with Crippen molar-refractivity contribution < 1.29 is 18.0 Å². The molecule has 2 amide bonds. The van der Waals surface area contributed by atoms with Gasteiger partial charge >= 0.3 is 0 Å². The smallest absolute Gasteiger partial charge is 0.253 e. The number of likely N-dealkylation sites (tertiary alicyclic amines) is 1. The fourth-order valence-corrected chi connectivity index (χ4v) is 7.74. The van der Waals surface area contributed by atoms with Crippen LogP contribution < -0.4 is 5.32 Å². The fraction of sp³-hybridized carbons (Fsp3) is 0.417. The molecule has 6 nitrogen and oxygen atoms in total. The van der Waals surface area contributed by atoms with Gasteiger partial charge in [-0.15, -0.1) is 11.8 Å². The molecule has 2 heterocycles. The van der Waals surface area contributed by atoms with Gasteiger partial charge in [0.1, 0.15) is 0 Å². The maximum absolute atomic E-state index is 12.8. The zero-order valence-electron chi connectivity index (χ0n) is 18.0. The van der Waals surface area contributed by atoms with Crippen LogP contribution in [0.15, 0.2) is 53.4 Å². The first-order valence-corrected chi connectivity index (χ1v) is 13.7. The molecule has 0 saturated carbocycles. The number of carbonyl (C=O) groups excluding carboxylic acids is 2. The molecular formula is C24H28N2O4S2. The maximum Gasteiger partial charge on any atom is 0.253 e. The van der Waals surface area contributed by atoms with E-state index >= 15 is 0 Å². The molecule has 1 atom stereocenters. The molecule has 0 spiro atoms. The summed E-state index contributed by atoms with van der Waals surface area (Å²) in [7, 11) is -2.96. The molecule has 2 aliphatic rings. The van der Waals surface area contributed by atoms with E-state index in [1.807, 2.05) is 47.4 Å². The van der Waals surface area contributed by atoms with Crippen LogP contribution in [0.2, 0.25) is 0 Å². The number of hydrogen-bond donors (Lipinski definition) is 1. The first kappa shape index (κ1) is 22.9. The number of thioether (sulfide) groups is 1. The van der Waals surface area contributed by atoms with E-state index in [0.717, 1.165) is 36.4 Å². The molecule has 2 saturated heterocycles. The molecule has 1 N–H and O–H groups in total. The third-order valence-electron chi connectivity index (χ3n) is 5.91. The summed E-state index contributed by atoms with van der Waals surface area (Å²) in [6, 6.07) is 14.7. The molecule has 8 heteroatoms. The predicted octanol–water partition coefficient (Wildman–Crippen LogP) is 3.52. The Morgan fingerprint density at radius 2 is 1.72 bits per heavy atom. The molecule has 2 aromatic rings. The SMILES string of the molecule is O=C(NCc1ccc(C(=O)N2CCCCC2)cc1)c1ccccc1S[C@H]1CCS(=O)(=O)C1. The van der Waals surface area contributed by atoms with Crippen molar-refractivity contribution in [3.05, 3.63) is 65.2 Å². The highest BCUT2D eigenvalue weighted by Gasteiger charge is 2.29. The third kappa shape index (κ3) is 5.72. The minimum Gasteiger partial charge on any atom is -0.348 e. The molecule has 2 aromatic carbocycles. The maximum atomic E-state index is 12.8. The molecular weight excluding hydrogens is 444 g/mol. The van der Waals surface area contributed by atoms with E-state index in [4.69, 9.17) is 0 Å². The van der Waals surface area contributed by atoms with Crippen molar-refractivity contribution in [3.8, 4) is 0 Å². The van der Waals surface area contributed by atoms with Gasteiger partial charge in [0.25, 0.3) is 11.8 Å². The van der Waals surface area contributed by atoms with E-state index in [1.165, 1.54) is 18.2 Å². The van der Waals surface area contributed by atoms with Gasteiger partial charge in [-0.2, -0.15) is 0 Å². The van der Waals surface area contributed by atoms with Crippen molar-refractivity contribution in [1.29, 1.82) is 0 Å². The van der Waals surface area contributed by atoms with Crippen LogP contribution in [0.25, 0.3) is 0 Å². The molecule has 0 unspecified atom stereocenters. The van der Waals surface area contributed by atoms with Crippen LogP contribution in [0.3, 0.4) is 0 Å². The highest BCUT2D eigenvalue weighted by atomic mass is 32.2. The second-order valence-electron chi connectivity index (χ2n) is 8.37. The van der Waals surface area contributed by atoms with Crippen molar-refractivity contribution in [1.82, 2.24) is 10.2 Å². The Hall–Kier alpha value is -2.32. The van der Waals surface area contributed by atoms with Crippen LogP contribution >= 0.6 is 11.8 Å². The third-order valence-corrected chi connectivity index (χ3v) is 9.24. The van der Waals surface area contributed by atoms with Gasteiger partial charge in [-0.05, 0) is 55.5 Å². The van der Waals surface area contributed by atoms with Gasteiger partial charge in [0.05, 0.1) is 17.1 Å². The predicted molar refractivity (Wildman–Crippen MR) is 127 cm³/mol. The number of nitrogens with one attached hydrogen (secondary N) is 1. The normalized spacial score (nSPS) is 20.1. The number of rotatable bonds is 6. The second kappa shape index (κ2) is 10.1. The zero-order valence-corrected chi connectivity index (χ0v) is 19.6. The lowest BCUT2D eigenvalue weighted by atomic mass is 10.1. The van der Waals surface area contributed by atoms with Gasteiger partial charge in [0, 0.05) is 35.3 Å². The summed E-state index contributed by atoms with van der Waals surface area (Å²) >= 11 is 1.47. The highest BCUT2D eigenvalue weighted by molar-refractivity contribution is 8.02. The van der Waals surface area contributed by atoms with Gasteiger partial charge in [-0.3, -0.25) is 9.59 Å². The fourth-order valence-electron chi connectivity index (χ4n) is 4.11. The quantitative estimate of drug-likeness (QED) is 0.696. The van der Waals surface area contributed by atoms with Gasteiger partial charge in [0.15, 0.2) is 9.84 Å². The lowest BCUT2D eigenvalue weighted by molar-refractivity contribution is 0.0724. The number of hydrogen-bond acceptors (Lipinski definition) is 5. The average molecular weight is 473 g/mol. The van der Waals surface area contributed by atoms with E-state index in [2.05, 4.69) is 5.32 Å². The minimum absolute atomic E-state index is 0.0149. The summed E-state index contributed by atoms with van der Waals surface area (Å²) in [5, 5.41) is 2.93. The van der Waals surface area contributed by atoms with Crippen LogP contribution in [0.4, 0.5) is 0 Å². The van der Waals surface area contributed by atoms with Gasteiger partial charge < -0.3 is 10.2 Å². The summed E-state index contributed by atoms with van der Waals surface area (Å²) in [6.07, 6.45) is 3.92. The first-order valence-electron chi connectivity index (χ1n) is 11.0. The molecule has 0 radical (unpaired) electrons. The number of benzene rings is 2. The summed E-state index contributed by atoms with van der Waals surface area (Å²) in [4.78, 5) is 28.1. The number of carbonyl (C=O) groups is 2. The Balaban J connectivity index is 1.35. The molecule has 170 valence electrons. The summed E-state index contributed by atoms with van der Waals surface area (Å²) < 4.78 is 23.5. The van der Waals surface area contributed by atoms with Gasteiger partial charge in [0.2, 0.25) is 0 Å². The largest absolute Gasteiger partial charge is 0.348 e. The Labute approximate surface area is 193 Å². The second-order valence-corrected chi connectivity index (χ2v) is 11.9. The van der Waals surface area contributed by atoms with Crippen LogP contribution in [-0.2, 0) is 16.4 Å². The highest BCUT2D eigenvalue weighted by Crippen LogP contribution is 2.33. The van der Waals surface area contributed by atoms with Crippen molar-refractivity contribution >= 4 is 33.4 Å². The standard InChI is InChI=1S/C24H28N2O4S2/c27-23(21-6-2-3-7-22(21)31-20-12-15-32(29,30)17-20)25-16-18-8-10-19(11-9-18)24(28)26-13-4-1-5-14-26/h2-3,6-11,20H,1,4-5,12-17H2,(H,25,27)/t20-/m0/s1. The molecule has 0 aromatic heterocycles. The topological polar surface area (TPSA) is 83.6 Å². The molecule has 0 bridgehead atoms. The van der Waals surface area contributed by atoms with Gasteiger partial charge in [-0.25, -0.2) is 8.42 Å². The summed E-state index contributed by atoms with van der Waals surface area (Å²) in [5.41, 5.74) is 2.15. The number of sulfone groups is 1. The van der Waals surface area contributed by atoms with Crippen molar-refractivity contribution in [2.45, 2.75) is 42.4 Å². The lowest BCUT2D eigenvalue weighted by Crippen LogP contribution is -2.35. The summed E-state index contributed by atoms with van der Waals surface area (Å²) in [6.45, 7) is 2.00. The molecule has 2 aliphatic heterocycles. The monoisotopic (exact) mass is 472 g/mol.